The number of aromatic nitrogens is 3. The van der Waals surface area contributed by atoms with E-state index in [2.05, 4.69) is 68.3 Å². The van der Waals surface area contributed by atoms with Gasteiger partial charge in [0.15, 0.2) is 5.82 Å². The number of piperidine rings is 2. The molecule has 2 aromatic heterocycles. The summed E-state index contributed by atoms with van der Waals surface area (Å²) < 4.78 is 8.31. The molecule has 0 atom stereocenters. The van der Waals surface area contributed by atoms with Crippen molar-refractivity contribution in [2.24, 2.45) is 5.10 Å². The SMILES string of the molecule is Cc1ccccc1OCCn1cc(/C=N\Nc2cc(N3CCCCC3)nc(N3CCCCC3)n2)c2ccccc21. The molecule has 40 heavy (non-hydrogen) atoms. The molecule has 2 saturated heterocycles. The van der Waals surface area contributed by atoms with Gasteiger partial charge in [0, 0.05) is 54.9 Å². The quantitative estimate of drug-likeness (QED) is 0.201. The van der Waals surface area contributed by atoms with E-state index >= 15 is 0 Å². The zero-order chi connectivity index (χ0) is 27.1. The van der Waals surface area contributed by atoms with E-state index in [1.165, 1.54) is 44.0 Å². The van der Waals surface area contributed by atoms with Gasteiger partial charge in [-0.05, 0) is 63.1 Å². The molecule has 0 bridgehead atoms. The largest absolute Gasteiger partial charge is 0.491 e. The molecule has 0 unspecified atom stereocenters. The Bertz CT molecular complexity index is 1410. The third kappa shape index (κ3) is 6.06. The maximum absolute atomic E-state index is 6.07. The van der Waals surface area contributed by atoms with Crippen LogP contribution in [-0.2, 0) is 6.54 Å². The van der Waals surface area contributed by atoms with Crippen molar-refractivity contribution >= 4 is 34.7 Å². The molecule has 8 nitrogen and oxygen atoms in total. The van der Waals surface area contributed by atoms with E-state index in [4.69, 9.17) is 14.7 Å². The van der Waals surface area contributed by atoms with Crippen LogP contribution < -0.4 is 20.0 Å². The second-order valence-corrected chi connectivity index (χ2v) is 10.8. The average Bonchev–Trinajstić information content (AvgIpc) is 3.36. The Balaban J connectivity index is 1.19. The average molecular weight is 538 g/mol. The summed E-state index contributed by atoms with van der Waals surface area (Å²) in [6, 6.07) is 18.6. The molecule has 0 aliphatic carbocycles. The van der Waals surface area contributed by atoms with E-state index in [-0.39, 0.29) is 0 Å². The third-order valence-electron chi connectivity index (χ3n) is 7.91. The van der Waals surface area contributed by atoms with Gasteiger partial charge < -0.3 is 19.1 Å². The van der Waals surface area contributed by atoms with Gasteiger partial charge in [0.25, 0.3) is 0 Å². The second-order valence-electron chi connectivity index (χ2n) is 10.8. The molecule has 0 saturated carbocycles. The second kappa shape index (κ2) is 12.4. The van der Waals surface area contributed by atoms with Gasteiger partial charge in [0.2, 0.25) is 5.95 Å². The molecule has 1 N–H and O–H groups in total. The summed E-state index contributed by atoms with van der Waals surface area (Å²) in [5.74, 6) is 3.48. The lowest BCUT2D eigenvalue weighted by molar-refractivity contribution is 0.298. The minimum atomic E-state index is 0.595. The van der Waals surface area contributed by atoms with Gasteiger partial charge in [0.1, 0.15) is 18.2 Å². The van der Waals surface area contributed by atoms with Crippen molar-refractivity contribution in [3.63, 3.8) is 0 Å². The monoisotopic (exact) mass is 537 g/mol. The number of ether oxygens (including phenoxy) is 1. The maximum Gasteiger partial charge on any atom is 0.229 e. The van der Waals surface area contributed by atoms with E-state index in [1.807, 2.05) is 30.5 Å². The molecule has 2 aromatic carbocycles. The van der Waals surface area contributed by atoms with Crippen LogP contribution >= 0.6 is 0 Å². The van der Waals surface area contributed by atoms with Crippen LogP contribution in [0, 0.1) is 6.92 Å². The Kier molecular flexibility index (Phi) is 8.12. The fourth-order valence-corrected chi connectivity index (χ4v) is 5.70. The minimum absolute atomic E-state index is 0.595. The molecule has 4 heterocycles. The number of hydrogen-bond donors (Lipinski definition) is 1. The summed E-state index contributed by atoms with van der Waals surface area (Å²) in [5.41, 5.74) is 6.60. The first kappa shape index (κ1) is 26.2. The van der Waals surface area contributed by atoms with Gasteiger partial charge in [-0.25, -0.2) is 0 Å². The van der Waals surface area contributed by atoms with Crippen LogP contribution in [0.3, 0.4) is 0 Å². The van der Waals surface area contributed by atoms with Crippen LogP contribution in [0.25, 0.3) is 10.9 Å². The van der Waals surface area contributed by atoms with Crippen molar-refractivity contribution in [1.82, 2.24) is 14.5 Å². The lowest BCUT2D eigenvalue weighted by atomic mass is 10.1. The van der Waals surface area contributed by atoms with Crippen LogP contribution in [0.4, 0.5) is 17.6 Å². The third-order valence-corrected chi connectivity index (χ3v) is 7.91. The topological polar surface area (TPSA) is 70.8 Å². The fraction of sp³-hybridized carbons (Fsp3) is 0.406. The Hall–Kier alpha value is -4.07. The highest BCUT2D eigenvalue weighted by Gasteiger charge is 2.19. The van der Waals surface area contributed by atoms with Crippen molar-refractivity contribution in [3.8, 4) is 5.75 Å². The Morgan fingerprint density at radius 1 is 0.875 bits per heavy atom. The molecular weight excluding hydrogens is 498 g/mol. The van der Waals surface area contributed by atoms with Gasteiger partial charge in [-0.15, -0.1) is 0 Å². The molecule has 0 spiro atoms. The first-order valence-electron chi connectivity index (χ1n) is 14.7. The highest BCUT2D eigenvalue weighted by atomic mass is 16.5. The van der Waals surface area contributed by atoms with Crippen LogP contribution in [0.1, 0.15) is 49.7 Å². The molecule has 0 amide bonds. The van der Waals surface area contributed by atoms with E-state index in [1.54, 1.807) is 0 Å². The number of rotatable bonds is 9. The lowest BCUT2D eigenvalue weighted by Crippen LogP contribution is -2.33. The van der Waals surface area contributed by atoms with Crippen molar-refractivity contribution in [1.29, 1.82) is 0 Å². The number of fused-ring (bicyclic) bond motifs is 1. The Morgan fingerprint density at radius 2 is 1.60 bits per heavy atom. The van der Waals surface area contributed by atoms with E-state index < -0.39 is 0 Å². The van der Waals surface area contributed by atoms with Crippen molar-refractivity contribution in [2.75, 3.05) is 48.0 Å². The number of hydrogen-bond acceptors (Lipinski definition) is 7. The van der Waals surface area contributed by atoms with Crippen LogP contribution in [-0.4, -0.2) is 53.5 Å². The fourth-order valence-electron chi connectivity index (χ4n) is 5.70. The molecule has 208 valence electrons. The normalized spacial score (nSPS) is 16.1. The maximum atomic E-state index is 6.07. The Morgan fingerprint density at radius 3 is 2.40 bits per heavy atom. The van der Waals surface area contributed by atoms with Gasteiger partial charge in [-0.1, -0.05) is 36.4 Å². The van der Waals surface area contributed by atoms with Crippen LogP contribution in [0.15, 0.2) is 65.9 Å². The molecule has 8 heteroatoms. The number of hydrazone groups is 1. The predicted octanol–water partition coefficient (Wildman–Crippen LogP) is 6.25. The number of nitrogens with one attached hydrogen (secondary N) is 1. The van der Waals surface area contributed by atoms with Crippen molar-refractivity contribution in [2.45, 2.75) is 52.0 Å². The molecule has 6 rings (SSSR count). The van der Waals surface area contributed by atoms with Crippen LogP contribution in [0.5, 0.6) is 5.75 Å². The minimum Gasteiger partial charge on any atom is -0.491 e. The first-order chi connectivity index (χ1) is 19.7. The van der Waals surface area contributed by atoms with Crippen LogP contribution in [0.2, 0.25) is 0 Å². The number of aryl methyl sites for hydroxylation is 1. The van der Waals surface area contributed by atoms with Gasteiger partial charge in [-0.2, -0.15) is 15.1 Å². The molecule has 4 aromatic rings. The lowest BCUT2D eigenvalue weighted by Gasteiger charge is -2.31. The molecule has 2 aliphatic heterocycles. The highest BCUT2D eigenvalue weighted by Crippen LogP contribution is 2.26. The Labute approximate surface area is 236 Å². The van der Waals surface area contributed by atoms with Gasteiger partial charge in [0.05, 0.1) is 12.8 Å². The van der Waals surface area contributed by atoms with Crippen molar-refractivity contribution < 1.29 is 4.74 Å². The van der Waals surface area contributed by atoms with E-state index in [9.17, 15) is 0 Å². The smallest absolute Gasteiger partial charge is 0.229 e. The van der Waals surface area contributed by atoms with E-state index in [0.717, 1.165) is 72.6 Å². The number of para-hydroxylation sites is 2. The predicted molar refractivity (Wildman–Crippen MR) is 164 cm³/mol. The molecule has 2 fully saturated rings. The highest BCUT2D eigenvalue weighted by molar-refractivity contribution is 5.99. The summed E-state index contributed by atoms with van der Waals surface area (Å²) >= 11 is 0. The number of nitrogens with zero attached hydrogens (tertiary/aromatic N) is 6. The molecule has 2 aliphatic rings. The zero-order valence-electron chi connectivity index (χ0n) is 23.4. The summed E-state index contributed by atoms with van der Waals surface area (Å²) in [6.07, 6.45) is 11.4. The summed E-state index contributed by atoms with van der Waals surface area (Å²) in [4.78, 5) is 14.6. The van der Waals surface area contributed by atoms with Crippen molar-refractivity contribution in [3.05, 3.63) is 71.9 Å². The first-order valence-corrected chi connectivity index (χ1v) is 14.7. The summed E-state index contributed by atoms with van der Waals surface area (Å²) in [6.45, 7) is 7.54. The number of benzene rings is 2. The summed E-state index contributed by atoms with van der Waals surface area (Å²) in [7, 11) is 0. The number of anilines is 3. The van der Waals surface area contributed by atoms with Gasteiger partial charge in [-0.3, -0.25) is 5.43 Å². The summed E-state index contributed by atoms with van der Waals surface area (Å²) in [5, 5.41) is 5.80. The van der Waals surface area contributed by atoms with Gasteiger partial charge >= 0.3 is 0 Å². The standard InChI is InChI=1S/C32H39N7O/c1-25-12-4-7-15-29(25)40-21-20-39-24-26(27-13-5-6-14-28(27)39)23-33-36-30-22-31(37-16-8-2-9-17-37)35-32(34-30)38-18-10-3-11-19-38/h4-7,12-15,22-24H,2-3,8-11,16-21H2,1H3,(H,34,35,36)/b33-23-. The molecule has 0 radical (unpaired) electrons. The zero-order valence-corrected chi connectivity index (χ0v) is 23.4. The van der Waals surface area contributed by atoms with E-state index in [0.29, 0.717) is 6.61 Å². The molecular formula is C32H39N7O.